The zero-order chi connectivity index (χ0) is 15.2. The highest BCUT2D eigenvalue weighted by molar-refractivity contribution is 6.30. The number of benzene rings is 1. The van der Waals surface area contributed by atoms with Crippen LogP contribution in [0.2, 0.25) is 5.02 Å². The number of piperidine rings is 1. The summed E-state index contributed by atoms with van der Waals surface area (Å²) in [6.45, 7) is 10.3. The van der Waals surface area contributed by atoms with E-state index in [0.717, 1.165) is 36.5 Å². The molecule has 0 bridgehead atoms. The van der Waals surface area contributed by atoms with E-state index in [1.165, 1.54) is 24.9 Å². The molecule has 21 heavy (non-hydrogen) atoms. The number of likely N-dealkylation sites (tertiary alicyclic amines) is 1. The molecule has 3 atom stereocenters. The highest BCUT2D eigenvalue weighted by Crippen LogP contribution is 2.25. The van der Waals surface area contributed by atoms with Crippen LogP contribution < -0.4 is 5.32 Å². The molecule has 2 rings (SSSR count). The Morgan fingerprint density at radius 1 is 1.33 bits per heavy atom. The lowest BCUT2D eigenvalue weighted by Gasteiger charge is -2.37. The zero-order valence-corrected chi connectivity index (χ0v) is 14.4. The third-order valence-electron chi connectivity index (χ3n) is 4.65. The molecule has 1 aliphatic heterocycles. The first-order valence-corrected chi connectivity index (χ1v) is 8.70. The van der Waals surface area contributed by atoms with Gasteiger partial charge in [-0.15, -0.1) is 0 Å². The summed E-state index contributed by atoms with van der Waals surface area (Å²) in [6, 6.07) is 9.40. The van der Waals surface area contributed by atoms with Crippen molar-refractivity contribution < 1.29 is 0 Å². The lowest BCUT2D eigenvalue weighted by atomic mass is 9.94. The summed E-state index contributed by atoms with van der Waals surface area (Å²) in [6.07, 6.45) is 3.86. The first-order chi connectivity index (χ1) is 10.1. The maximum Gasteiger partial charge on any atom is 0.0409 e. The van der Waals surface area contributed by atoms with Crippen LogP contribution in [0.15, 0.2) is 24.3 Å². The molecule has 1 aromatic carbocycles. The maximum absolute atomic E-state index is 6.14. The average molecular weight is 309 g/mol. The molecule has 3 unspecified atom stereocenters. The number of hydrogen-bond donors (Lipinski definition) is 1. The second-order valence-electron chi connectivity index (χ2n) is 6.48. The highest BCUT2D eigenvalue weighted by atomic mass is 35.5. The lowest BCUT2D eigenvalue weighted by molar-refractivity contribution is 0.119. The van der Waals surface area contributed by atoms with E-state index in [1.807, 2.05) is 12.1 Å². The van der Waals surface area contributed by atoms with Crippen LogP contribution in [0, 0.1) is 5.92 Å². The number of nitrogens with zero attached hydrogens (tertiary/aromatic N) is 1. The van der Waals surface area contributed by atoms with Crippen LogP contribution in [0.25, 0.3) is 0 Å². The standard InChI is InChI=1S/C18H29ClN2/c1-4-20-18(16-6-5-7-17(19)12-16)10-11-21-13-14(2)8-9-15(21)3/h5-7,12,14-15,18,20H,4,8-11,13H2,1-3H3. The fourth-order valence-electron chi connectivity index (χ4n) is 3.34. The Hall–Kier alpha value is -0.570. The molecule has 0 saturated carbocycles. The van der Waals surface area contributed by atoms with Gasteiger partial charge in [-0.2, -0.15) is 0 Å². The Labute approximate surface area is 134 Å². The second-order valence-corrected chi connectivity index (χ2v) is 6.92. The van der Waals surface area contributed by atoms with E-state index in [1.54, 1.807) is 0 Å². The molecule has 1 aromatic rings. The van der Waals surface area contributed by atoms with Gasteiger partial charge in [0, 0.05) is 30.2 Å². The van der Waals surface area contributed by atoms with Crippen molar-refractivity contribution >= 4 is 11.6 Å². The molecule has 0 aliphatic carbocycles. The zero-order valence-electron chi connectivity index (χ0n) is 13.6. The van der Waals surface area contributed by atoms with Crippen LogP contribution in [-0.4, -0.2) is 30.6 Å². The lowest BCUT2D eigenvalue weighted by Crippen LogP contribution is -2.42. The van der Waals surface area contributed by atoms with Crippen LogP contribution in [0.4, 0.5) is 0 Å². The van der Waals surface area contributed by atoms with Crippen molar-refractivity contribution in [1.82, 2.24) is 10.2 Å². The fourth-order valence-corrected chi connectivity index (χ4v) is 3.54. The van der Waals surface area contributed by atoms with Crippen molar-refractivity contribution in [3.8, 4) is 0 Å². The Morgan fingerprint density at radius 3 is 2.86 bits per heavy atom. The van der Waals surface area contributed by atoms with E-state index in [2.05, 4.69) is 43.1 Å². The molecule has 1 N–H and O–H groups in total. The summed E-state index contributed by atoms with van der Waals surface area (Å²) < 4.78 is 0. The topological polar surface area (TPSA) is 15.3 Å². The molecule has 3 heteroatoms. The van der Waals surface area contributed by atoms with Crippen molar-refractivity contribution in [3.63, 3.8) is 0 Å². The van der Waals surface area contributed by atoms with Gasteiger partial charge in [-0.3, -0.25) is 0 Å². The van der Waals surface area contributed by atoms with Crippen molar-refractivity contribution in [3.05, 3.63) is 34.9 Å². The molecule has 0 amide bonds. The number of hydrogen-bond acceptors (Lipinski definition) is 2. The van der Waals surface area contributed by atoms with Crippen LogP contribution >= 0.6 is 11.6 Å². The first kappa shape index (κ1) is 16.8. The molecule has 1 heterocycles. The minimum absolute atomic E-state index is 0.401. The third-order valence-corrected chi connectivity index (χ3v) is 4.89. The van der Waals surface area contributed by atoms with Gasteiger partial charge in [-0.1, -0.05) is 37.6 Å². The van der Waals surface area contributed by atoms with Gasteiger partial charge in [0.15, 0.2) is 0 Å². The second kappa shape index (κ2) is 8.17. The summed E-state index contributed by atoms with van der Waals surface area (Å²) >= 11 is 6.14. The molecule has 0 spiro atoms. The Balaban J connectivity index is 1.96. The predicted molar refractivity (Wildman–Crippen MR) is 91.9 cm³/mol. The Bertz CT molecular complexity index is 435. The van der Waals surface area contributed by atoms with Gasteiger partial charge < -0.3 is 10.2 Å². The number of halogens is 1. The Kier molecular flexibility index (Phi) is 6.53. The highest BCUT2D eigenvalue weighted by Gasteiger charge is 2.23. The maximum atomic E-state index is 6.14. The minimum Gasteiger partial charge on any atom is -0.310 e. The monoisotopic (exact) mass is 308 g/mol. The SMILES string of the molecule is CCNC(CCN1CC(C)CCC1C)c1cccc(Cl)c1. The number of rotatable bonds is 6. The summed E-state index contributed by atoms with van der Waals surface area (Å²) in [4.78, 5) is 2.66. The Morgan fingerprint density at radius 2 is 2.14 bits per heavy atom. The predicted octanol–water partition coefficient (Wildman–Crippen LogP) is 4.50. The molecule has 0 radical (unpaired) electrons. The van der Waals surface area contributed by atoms with Gasteiger partial charge in [-0.05, 0) is 56.3 Å². The van der Waals surface area contributed by atoms with Gasteiger partial charge >= 0.3 is 0 Å². The van der Waals surface area contributed by atoms with E-state index >= 15 is 0 Å². The van der Waals surface area contributed by atoms with Gasteiger partial charge in [0.05, 0.1) is 0 Å². The van der Waals surface area contributed by atoms with Gasteiger partial charge in [0.1, 0.15) is 0 Å². The largest absolute Gasteiger partial charge is 0.310 e. The first-order valence-electron chi connectivity index (χ1n) is 8.33. The van der Waals surface area contributed by atoms with Gasteiger partial charge in [0.25, 0.3) is 0 Å². The molecule has 1 aliphatic rings. The van der Waals surface area contributed by atoms with Crippen LogP contribution in [0.1, 0.15) is 51.6 Å². The molecule has 1 saturated heterocycles. The van der Waals surface area contributed by atoms with E-state index in [4.69, 9.17) is 11.6 Å². The smallest absolute Gasteiger partial charge is 0.0409 e. The van der Waals surface area contributed by atoms with E-state index < -0.39 is 0 Å². The van der Waals surface area contributed by atoms with Crippen molar-refractivity contribution in [2.24, 2.45) is 5.92 Å². The van der Waals surface area contributed by atoms with E-state index in [0.29, 0.717) is 6.04 Å². The molecule has 1 fully saturated rings. The van der Waals surface area contributed by atoms with Gasteiger partial charge in [0.2, 0.25) is 0 Å². The third kappa shape index (κ3) is 4.98. The fraction of sp³-hybridized carbons (Fsp3) is 0.667. The van der Waals surface area contributed by atoms with Crippen molar-refractivity contribution in [2.75, 3.05) is 19.6 Å². The molecular formula is C18H29ClN2. The quantitative estimate of drug-likeness (QED) is 0.832. The van der Waals surface area contributed by atoms with Crippen LogP contribution in [0.3, 0.4) is 0 Å². The van der Waals surface area contributed by atoms with E-state index in [-0.39, 0.29) is 0 Å². The summed E-state index contributed by atoms with van der Waals surface area (Å²) in [7, 11) is 0. The van der Waals surface area contributed by atoms with Crippen molar-refractivity contribution in [1.29, 1.82) is 0 Å². The normalized spacial score (nSPS) is 25.0. The molecule has 118 valence electrons. The minimum atomic E-state index is 0.401. The molecular weight excluding hydrogens is 280 g/mol. The molecule has 0 aromatic heterocycles. The molecule has 2 nitrogen and oxygen atoms in total. The van der Waals surface area contributed by atoms with Crippen LogP contribution in [0.5, 0.6) is 0 Å². The van der Waals surface area contributed by atoms with Crippen molar-refractivity contribution in [2.45, 2.75) is 52.1 Å². The van der Waals surface area contributed by atoms with E-state index in [9.17, 15) is 0 Å². The van der Waals surface area contributed by atoms with Gasteiger partial charge in [-0.25, -0.2) is 0 Å². The van der Waals surface area contributed by atoms with Crippen LogP contribution in [-0.2, 0) is 0 Å². The summed E-state index contributed by atoms with van der Waals surface area (Å²) in [5.41, 5.74) is 1.31. The number of nitrogens with one attached hydrogen (secondary N) is 1. The summed E-state index contributed by atoms with van der Waals surface area (Å²) in [5, 5.41) is 4.44. The summed E-state index contributed by atoms with van der Waals surface area (Å²) in [5.74, 6) is 0.838. The average Bonchev–Trinajstić information content (AvgIpc) is 2.46.